The molecule has 0 radical (unpaired) electrons. The molecule has 138 valence electrons. The summed E-state index contributed by atoms with van der Waals surface area (Å²) in [6.45, 7) is 0.261. The van der Waals surface area contributed by atoms with Crippen LogP contribution in [0, 0.1) is 21.7 Å². The van der Waals surface area contributed by atoms with Crippen LogP contribution in [-0.2, 0) is 0 Å². The fraction of sp³-hybridized carbons (Fsp3) is 0.188. The van der Waals surface area contributed by atoms with Gasteiger partial charge in [0.1, 0.15) is 5.75 Å². The third-order valence-corrected chi connectivity index (χ3v) is 3.81. The SMILES string of the molecule is Cl.NC1CCOc2c(C(=O)Nc3ccc(F)c(F)c3)cc([N+](=O)[O-])cc21. The second kappa shape index (κ2) is 7.63. The summed E-state index contributed by atoms with van der Waals surface area (Å²) in [7, 11) is 0. The summed E-state index contributed by atoms with van der Waals surface area (Å²) >= 11 is 0. The number of anilines is 1. The van der Waals surface area contributed by atoms with Gasteiger partial charge >= 0.3 is 0 Å². The molecule has 2 aromatic carbocycles. The van der Waals surface area contributed by atoms with Crippen LogP contribution in [-0.4, -0.2) is 17.4 Å². The molecule has 1 atom stereocenters. The number of benzene rings is 2. The van der Waals surface area contributed by atoms with Crippen molar-refractivity contribution in [3.8, 4) is 5.75 Å². The monoisotopic (exact) mass is 385 g/mol. The number of rotatable bonds is 3. The molecule has 2 aromatic rings. The molecule has 10 heteroatoms. The Morgan fingerprint density at radius 3 is 2.65 bits per heavy atom. The minimum Gasteiger partial charge on any atom is -0.492 e. The summed E-state index contributed by atoms with van der Waals surface area (Å²) in [5, 5.41) is 13.5. The summed E-state index contributed by atoms with van der Waals surface area (Å²) in [6, 6.07) is 4.68. The minimum atomic E-state index is -1.13. The molecule has 0 saturated carbocycles. The Balaban J connectivity index is 0.00000243. The van der Waals surface area contributed by atoms with Gasteiger partial charge in [0.25, 0.3) is 11.6 Å². The standard InChI is InChI=1S/C16H13F2N3O4.ClH/c17-12-2-1-8(5-13(12)18)20-16(22)11-7-9(21(23)24)6-10-14(19)3-4-25-15(10)11;/h1-2,5-7,14H,3-4,19H2,(H,20,22);1H. The van der Waals surface area contributed by atoms with E-state index in [2.05, 4.69) is 5.32 Å². The van der Waals surface area contributed by atoms with Gasteiger partial charge in [0, 0.05) is 41.9 Å². The Bertz CT molecular complexity index is 879. The highest BCUT2D eigenvalue weighted by atomic mass is 35.5. The van der Waals surface area contributed by atoms with E-state index in [1.54, 1.807) is 0 Å². The normalized spacial score (nSPS) is 15.3. The number of carbonyl (C=O) groups is 1. The van der Waals surface area contributed by atoms with E-state index < -0.39 is 28.5 Å². The van der Waals surface area contributed by atoms with E-state index in [4.69, 9.17) is 10.5 Å². The molecule has 0 fully saturated rings. The van der Waals surface area contributed by atoms with Gasteiger partial charge in [-0.1, -0.05) is 0 Å². The van der Waals surface area contributed by atoms with Crippen LogP contribution in [0.4, 0.5) is 20.2 Å². The highest BCUT2D eigenvalue weighted by Crippen LogP contribution is 2.37. The first-order valence-electron chi connectivity index (χ1n) is 7.34. The number of nitrogens with two attached hydrogens (primary N) is 1. The molecule has 26 heavy (non-hydrogen) atoms. The molecule has 1 heterocycles. The number of hydrogen-bond donors (Lipinski definition) is 2. The number of nitrogens with one attached hydrogen (secondary N) is 1. The van der Waals surface area contributed by atoms with Crippen molar-refractivity contribution in [2.75, 3.05) is 11.9 Å². The predicted octanol–water partition coefficient (Wildman–Crippen LogP) is 3.33. The number of hydrogen-bond acceptors (Lipinski definition) is 5. The van der Waals surface area contributed by atoms with Gasteiger partial charge in [-0.2, -0.15) is 0 Å². The van der Waals surface area contributed by atoms with Crippen molar-refractivity contribution < 1.29 is 23.2 Å². The number of non-ortho nitro benzene ring substituents is 1. The van der Waals surface area contributed by atoms with E-state index in [1.165, 1.54) is 12.1 Å². The molecule has 0 spiro atoms. The van der Waals surface area contributed by atoms with E-state index in [0.29, 0.717) is 12.0 Å². The molecule has 3 rings (SSSR count). The van der Waals surface area contributed by atoms with Crippen LogP contribution in [0.25, 0.3) is 0 Å². The van der Waals surface area contributed by atoms with Crippen molar-refractivity contribution in [2.24, 2.45) is 5.73 Å². The number of fused-ring (bicyclic) bond motifs is 1. The van der Waals surface area contributed by atoms with Crippen LogP contribution < -0.4 is 15.8 Å². The lowest BCUT2D eigenvalue weighted by Gasteiger charge is -2.24. The summed E-state index contributed by atoms with van der Waals surface area (Å²) in [4.78, 5) is 23.0. The molecule has 0 aromatic heterocycles. The van der Waals surface area contributed by atoms with Crippen molar-refractivity contribution in [1.82, 2.24) is 0 Å². The molecule has 0 aliphatic carbocycles. The van der Waals surface area contributed by atoms with Crippen LogP contribution >= 0.6 is 12.4 Å². The van der Waals surface area contributed by atoms with Gasteiger partial charge in [0.2, 0.25) is 0 Å². The quantitative estimate of drug-likeness (QED) is 0.622. The first kappa shape index (κ1) is 19.5. The van der Waals surface area contributed by atoms with Crippen LogP contribution in [0.5, 0.6) is 5.75 Å². The van der Waals surface area contributed by atoms with Gasteiger partial charge in [-0.05, 0) is 12.1 Å². The Morgan fingerprint density at radius 1 is 1.27 bits per heavy atom. The summed E-state index contributed by atoms with van der Waals surface area (Å²) < 4.78 is 31.7. The maximum Gasteiger partial charge on any atom is 0.270 e. The molecule has 0 bridgehead atoms. The smallest absolute Gasteiger partial charge is 0.270 e. The van der Waals surface area contributed by atoms with Crippen molar-refractivity contribution >= 4 is 29.7 Å². The highest BCUT2D eigenvalue weighted by molar-refractivity contribution is 6.07. The van der Waals surface area contributed by atoms with E-state index in [0.717, 1.165) is 18.2 Å². The fourth-order valence-electron chi connectivity index (χ4n) is 2.56. The summed E-state index contributed by atoms with van der Waals surface area (Å²) in [5.41, 5.74) is 5.91. The number of halogens is 3. The van der Waals surface area contributed by atoms with Crippen LogP contribution in [0.1, 0.15) is 28.4 Å². The molecule has 1 unspecified atom stereocenters. The number of amides is 1. The summed E-state index contributed by atoms with van der Waals surface area (Å²) in [6.07, 6.45) is 0.457. The number of nitro benzene ring substituents is 1. The molecule has 7 nitrogen and oxygen atoms in total. The average Bonchev–Trinajstić information content (AvgIpc) is 2.57. The van der Waals surface area contributed by atoms with Crippen molar-refractivity contribution in [3.05, 3.63) is 63.2 Å². The van der Waals surface area contributed by atoms with E-state index in [9.17, 15) is 23.7 Å². The Hall–Kier alpha value is -2.78. The van der Waals surface area contributed by atoms with E-state index in [1.807, 2.05) is 0 Å². The lowest BCUT2D eigenvalue weighted by Crippen LogP contribution is -2.24. The first-order chi connectivity index (χ1) is 11.9. The van der Waals surface area contributed by atoms with Gasteiger partial charge < -0.3 is 15.8 Å². The van der Waals surface area contributed by atoms with Crippen molar-refractivity contribution in [2.45, 2.75) is 12.5 Å². The highest BCUT2D eigenvalue weighted by Gasteiger charge is 2.28. The van der Waals surface area contributed by atoms with E-state index >= 15 is 0 Å². The number of ether oxygens (including phenoxy) is 1. The predicted molar refractivity (Wildman–Crippen MR) is 91.7 cm³/mol. The zero-order valence-corrected chi connectivity index (χ0v) is 14.0. The van der Waals surface area contributed by atoms with Gasteiger partial charge in [-0.15, -0.1) is 12.4 Å². The molecular weight excluding hydrogens is 372 g/mol. The largest absolute Gasteiger partial charge is 0.492 e. The Kier molecular flexibility index (Phi) is 5.73. The molecule has 3 N–H and O–H groups in total. The van der Waals surface area contributed by atoms with Crippen molar-refractivity contribution in [3.63, 3.8) is 0 Å². The first-order valence-corrected chi connectivity index (χ1v) is 7.34. The zero-order chi connectivity index (χ0) is 18.1. The van der Waals surface area contributed by atoms with E-state index in [-0.39, 0.29) is 41.7 Å². The third kappa shape index (κ3) is 3.73. The van der Waals surface area contributed by atoms with Gasteiger partial charge in [-0.3, -0.25) is 14.9 Å². The van der Waals surface area contributed by atoms with Crippen LogP contribution in [0.3, 0.4) is 0 Å². The van der Waals surface area contributed by atoms with Crippen LogP contribution in [0.2, 0.25) is 0 Å². The zero-order valence-electron chi connectivity index (χ0n) is 13.2. The molecule has 0 saturated heterocycles. The second-order valence-electron chi connectivity index (χ2n) is 5.50. The van der Waals surface area contributed by atoms with Gasteiger partial charge in [0.05, 0.1) is 17.1 Å². The van der Waals surface area contributed by atoms with Gasteiger partial charge in [0.15, 0.2) is 11.6 Å². The molecule has 1 aliphatic heterocycles. The fourth-order valence-corrected chi connectivity index (χ4v) is 2.56. The maximum absolute atomic E-state index is 13.3. The lowest BCUT2D eigenvalue weighted by atomic mass is 9.97. The Morgan fingerprint density at radius 2 is 2.00 bits per heavy atom. The minimum absolute atomic E-state index is 0. The second-order valence-corrected chi connectivity index (χ2v) is 5.50. The number of nitrogens with zero attached hydrogens (tertiary/aromatic N) is 1. The average molecular weight is 386 g/mol. The lowest BCUT2D eigenvalue weighted by molar-refractivity contribution is -0.385. The third-order valence-electron chi connectivity index (χ3n) is 3.81. The molecule has 1 amide bonds. The molecular formula is C16H14ClF2N3O4. The topological polar surface area (TPSA) is 107 Å². The maximum atomic E-state index is 13.3. The summed E-state index contributed by atoms with van der Waals surface area (Å²) in [5.74, 6) is -2.78. The number of carbonyl (C=O) groups excluding carboxylic acids is 1. The Labute approximate surface area is 152 Å². The molecule has 1 aliphatic rings. The van der Waals surface area contributed by atoms with Gasteiger partial charge in [-0.25, -0.2) is 8.78 Å². The number of nitro groups is 1. The van der Waals surface area contributed by atoms with Crippen LogP contribution in [0.15, 0.2) is 30.3 Å². The van der Waals surface area contributed by atoms with Crippen molar-refractivity contribution in [1.29, 1.82) is 0 Å².